The van der Waals surface area contributed by atoms with Crippen LogP contribution < -0.4 is 4.74 Å². The van der Waals surface area contributed by atoms with E-state index in [1.165, 1.54) is 0 Å². The normalized spacial score (nSPS) is 22.9. The van der Waals surface area contributed by atoms with E-state index in [9.17, 15) is 4.79 Å². The van der Waals surface area contributed by atoms with E-state index in [0.717, 1.165) is 25.0 Å². The minimum atomic E-state index is 0.0361. The van der Waals surface area contributed by atoms with Crippen LogP contribution in [0.2, 0.25) is 0 Å². The van der Waals surface area contributed by atoms with Crippen LogP contribution in [0.15, 0.2) is 48.7 Å². The number of benzene rings is 1. The topological polar surface area (TPSA) is 51.7 Å². The molecule has 4 rings (SSSR count). The molecule has 124 valence electrons. The third-order valence-corrected chi connectivity index (χ3v) is 4.69. The lowest BCUT2D eigenvalue weighted by molar-refractivity contribution is -0.0445. The highest BCUT2D eigenvalue weighted by Gasteiger charge is 2.38. The number of amides is 1. The Morgan fingerprint density at radius 2 is 2.04 bits per heavy atom. The van der Waals surface area contributed by atoms with Crippen LogP contribution >= 0.6 is 0 Å². The van der Waals surface area contributed by atoms with Gasteiger partial charge in [-0.1, -0.05) is 18.2 Å². The Morgan fingerprint density at radius 1 is 1.17 bits per heavy atom. The van der Waals surface area contributed by atoms with Gasteiger partial charge in [0.2, 0.25) is 5.88 Å². The molecule has 1 aliphatic carbocycles. The van der Waals surface area contributed by atoms with Gasteiger partial charge in [0.25, 0.3) is 5.91 Å². The van der Waals surface area contributed by atoms with Gasteiger partial charge in [0, 0.05) is 18.8 Å². The number of hydrogen-bond acceptors (Lipinski definition) is 4. The first-order valence-corrected chi connectivity index (χ1v) is 8.43. The molecule has 2 atom stereocenters. The van der Waals surface area contributed by atoms with Crippen LogP contribution in [0.25, 0.3) is 0 Å². The van der Waals surface area contributed by atoms with E-state index in [2.05, 4.69) is 4.98 Å². The van der Waals surface area contributed by atoms with Crippen LogP contribution in [-0.4, -0.2) is 41.1 Å². The van der Waals surface area contributed by atoms with Gasteiger partial charge in [0.1, 0.15) is 5.75 Å². The van der Waals surface area contributed by atoms with Crippen molar-refractivity contribution < 1.29 is 14.3 Å². The number of carbonyl (C=O) groups excluding carboxylic acids is 1. The fourth-order valence-corrected chi connectivity index (χ4v) is 3.52. The van der Waals surface area contributed by atoms with E-state index < -0.39 is 0 Å². The number of hydrogen-bond donors (Lipinski definition) is 0. The minimum absolute atomic E-state index is 0.0361. The molecule has 2 aromatic rings. The third kappa shape index (κ3) is 2.99. The molecule has 0 bridgehead atoms. The quantitative estimate of drug-likeness (QED) is 0.869. The van der Waals surface area contributed by atoms with Crippen LogP contribution in [0.4, 0.5) is 0 Å². The fraction of sp³-hybridized carbons (Fsp3) is 0.368. The summed E-state index contributed by atoms with van der Waals surface area (Å²) in [6, 6.07) is 13.2. The molecule has 1 aromatic carbocycles. The van der Waals surface area contributed by atoms with Gasteiger partial charge < -0.3 is 14.4 Å². The number of ether oxygens (including phenoxy) is 2. The number of pyridine rings is 1. The maximum Gasteiger partial charge on any atom is 0.255 e. The van der Waals surface area contributed by atoms with Crippen molar-refractivity contribution >= 4 is 5.91 Å². The Bertz CT molecular complexity index is 702. The van der Waals surface area contributed by atoms with Gasteiger partial charge >= 0.3 is 0 Å². The van der Waals surface area contributed by atoms with Crippen LogP contribution in [-0.2, 0) is 4.74 Å². The molecule has 1 amide bonds. The standard InChI is InChI=1S/C19H20N2O3/c22-19(21-11-12-23-17-8-4-7-16(17)21)14-9-10-18(20-13-14)24-15-5-2-1-3-6-15/h1-3,5-6,9-10,13,16-17H,4,7-8,11-12H2/t16-,17+/m0/s1. The van der Waals surface area contributed by atoms with Crippen molar-refractivity contribution in [3.8, 4) is 11.6 Å². The first kappa shape index (κ1) is 15.1. The van der Waals surface area contributed by atoms with Crippen molar-refractivity contribution in [1.82, 2.24) is 9.88 Å². The van der Waals surface area contributed by atoms with Gasteiger partial charge in [0.05, 0.1) is 24.3 Å². The van der Waals surface area contributed by atoms with E-state index in [1.807, 2.05) is 35.2 Å². The lowest BCUT2D eigenvalue weighted by atomic mass is 10.1. The molecule has 5 nitrogen and oxygen atoms in total. The third-order valence-electron chi connectivity index (χ3n) is 4.69. The molecule has 2 fully saturated rings. The Morgan fingerprint density at radius 3 is 2.83 bits per heavy atom. The van der Waals surface area contributed by atoms with Crippen molar-refractivity contribution in [2.24, 2.45) is 0 Å². The summed E-state index contributed by atoms with van der Waals surface area (Å²) in [6.07, 6.45) is 5.01. The Kier molecular flexibility index (Phi) is 4.17. The summed E-state index contributed by atoms with van der Waals surface area (Å²) in [5.74, 6) is 1.25. The number of para-hydroxylation sites is 1. The zero-order chi connectivity index (χ0) is 16.4. The second kappa shape index (κ2) is 6.61. The van der Waals surface area contributed by atoms with Crippen molar-refractivity contribution in [1.29, 1.82) is 0 Å². The molecule has 1 saturated heterocycles. The summed E-state index contributed by atoms with van der Waals surface area (Å²) in [4.78, 5) is 19.0. The highest BCUT2D eigenvalue weighted by atomic mass is 16.5. The molecule has 0 N–H and O–H groups in total. The van der Waals surface area contributed by atoms with E-state index in [1.54, 1.807) is 18.3 Å². The van der Waals surface area contributed by atoms with Gasteiger partial charge in [-0.05, 0) is 37.5 Å². The highest BCUT2D eigenvalue weighted by molar-refractivity contribution is 5.94. The monoisotopic (exact) mass is 324 g/mol. The smallest absolute Gasteiger partial charge is 0.255 e. The highest BCUT2D eigenvalue weighted by Crippen LogP contribution is 2.30. The zero-order valence-electron chi connectivity index (χ0n) is 13.4. The number of carbonyl (C=O) groups is 1. The fourth-order valence-electron chi connectivity index (χ4n) is 3.52. The number of aromatic nitrogens is 1. The first-order chi connectivity index (χ1) is 11.8. The van der Waals surface area contributed by atoms with Crippen LogP contribution in [0.1, 0.15) is 29.6 Å². The van der Waals surface area contributed by atoms with E-state index in [-0.39, 0.29) is 18.1 Å². The van der Waals surface area contributed by atoms with Crippen LogP contribution in [0.3, 0.4) is 0 Å². The molecular weight excluding hydrogens is 304 g/mol. The lowest BCUT2D eigenvalue weighted by Gasteiger charge is -2.37. The molecule has 5 heteroatoms. The van der Waals surface area contributed by atoms with Crippen molar-refractivity contribution in [3.05, 3.63) is 54.2 Å². The summed E-state index contributed by atoms with van der Waals surface area (Å²) in [6.45, 7) is 1.28. The molecule has 0 unspecified atom stereocenters. The molecule has 2 heterocycles. The predicted octanol–water partition coefficient (Wildman–Crippen LogP) is 3.27. The molecule has 1 saturated carbocycles. The molecule has 1 aromatic heterocycles. The molecule has 0 radical (unpaired) electrons. The van der Waals surface area contributed by atoms with E-state index in [4.69, 9.17) is 9.47 Å². The summed E-state index contributed by atoms with van der Waals surface area (Å²) < 4.78 is 11.4. The molecule has 1 aliphatic heterocycles. The average Bonchev–Trinajstić information content (AvgIpc) is 3.11. The van der Waals surface area contributed by atoms with Crippen LogP contribution in [0, 0.1) is 0 Å². The number of morpholine rings is 1. The summed E-state index contributed by atoms with van der Waals surface area (Å²) in [7, 11) is 0. The van der Waals surface area contributed by atoms with Crippen molar-refractivity contribution in [3.63, 3.8) is 0 Å². The second-order valence-electron chi connectivity index (χ2n) is 6.21. The largest absolute Gasteiger partial charge is 0.439 e. The Balaban J connectivity index is 1.47. The average molecular weight is 324 g/mol. The summed E-state index contributed by atoms with van der Waals surface area (Å²) in [5, 5.41) is 0. The van der Waals surface area contributed by atoms with E-state index in [0.29, 0.717) is 24.6 Å². The van der Waals surface area contributed by atoms with Crippen molar-refractivity contribution in [2.45, 2.75) is 31.4 Å². The number of fused-ring (bicyclic) bond motifs is 1. The van der Waals surface area contributed by atoms with E-state index >= 15 is 0 Å². The SMILES string of the molecule is O=C(c1ccc(Oc2ccccc2)nc1)N1CCO[C@@H]2CCC[C@@H]21. The van der Waals surface area contributed by atoms with Gasteiger partial charge in [-0.3, -0.25) is 4.79 Å². The summed E-state index contributed by atoms with van der Waals surface area (Å²) >= 11 is 0. The van der Waals surface area contributed by atoms with Crippen LogP contribution in [0.5, 0.6) is 11.6 Å². The zero-order valence-corrected chi connectivity index (χ0v) is 13.4. The van der Waals surface area contributed by atoms with Gasteiger partial charge in [0.15, 0.2) is 0 Å². The van der Waals surface area contributed by atoms with Gasteiger partial charge in [-0.2, -0.15) is 0 Å². The maximum absolute atomic E-state index is 12.8. The second-order valence-corrected chi connectivity index (χ2v) is 6.21. The first-order valence-electron chi connectivity index (χ1n) is 8.43. The molecule has 24 heavy (non-hydrogen) atoms. The van der Waals surface area contributed by atoms with Crippen molar-refractivity contribution in [2.75, 3.05) is 13.2 Å². The lowest BCUT2D eigenvalue weighted by Crippen LogP contribution is -2.51. The Hall–Kier alpha value is -2.40. The number of nitrogens with zero attached hydrogens (tertiary/aromatic N) is 2. The molecule has 2 aliphatic rings. The summed E-state index contributed by atoms with van der Waals surface area (Å²) in [5.41, 5.74) is 0.600. The maximum atomic E-state index is 12.8. The predicted molar refractivity (Wildman–Crippen MR) is 89.2 cm³/mol. The minimum Gasteiger partial charge on any atom is -0.439 e. The van der Waals surface area contributed by atoms with Gasteiger partial charge in [-0.25, -0.2) is 4.98 Å². The Labute approximate surface area is 141 Å². The number of rotatable bonds is 3. The van der Waals surface area contributed by atoms with Gasteiger partial charge in [-0.15, -0.1) is 0 Å². The molecule has 0 spiro atoms. The molecular formula is C19H20N2O3.